The molecule has 1 aliphatic carbocycles. The third-order valence-corrected chi connectivity index (χ3v) is 8.94. The van der Waals surface area contributed by atoms with E-state index in [-0.39, 0.29) is 12.5 Å². The molecule has 0 spiro atoms. The quantitative estimate of drug-likeness (QED) is 0.299. The van der Waals surface area contributed by atoms with E-state index in [1.165, 1.54) is 0 Å². The van der Waals surface area contributed by atoms with Crippen molar-refractivity contribution in [3.63, 3.8) is 0 Å². The molecule has 2 aromatic carbocycles. The van der Waals surface area contributed by atoms with Crippen molar-refractivity contribution in [3.05, 3.63) is 99.2 Å². The highest BCUT2D eigenvalue weighted by molar-refractivity contribution is 9.10. The summed E-state index contributed by atoms with van der Waals surface area (Å²) in [4.78, 5) is 33.3. The number of ether oxygens (including phenoxy) is 2. The maximum absolute atomic E-state index is 14.5. The van der Waals surface area contributed by atoms with Crippen LogP contribution >= 0.6 is 27.5 Å². The molecule has 1 amide bonds. The van der Waals surface area contributed by atoms with Gasteiger partial charge in [-0.05, 0) is 72.4 Å². The molecule has 1 aliphatic heterocycles. The summed E-state index contributed by atoms with van der Waals surface area (Å²) in [7, 11) is 0. The van der Waals surface area contributed by atoms with Gasteiger partial charge in [0.15, 0.2) is 5.60 Å². The van der Waals surface area contributed by atoms with Gasteiger partial charge in [-0.2, -0.15) is 13.2 Å². The molecular weight excluding hydrogens is 651 g/mol. The predicted octanol–water partition coefficient (Wildman–Crippen LogP) is 6.22. The lowest BCUT2D eigenvalue weighted by molar-refractivity contribution is -0.219. The van der Waals surface area contributed by atoms with Crippen molar-refractivity contribution in [2.45, 2.75) is 49.0 Å². The first-order valence-corrected chi connectivity index (χ1v) is 15.1. The predicted molar refractivity (Wildman–Crippen MR) is 157 cm³/mol. The molecule has 2 heterocycles. The molecule has 1 saturated carbocycles. The van der Waals surface area contributed by atoms with Gasteiger partial charge in [0.2, 0.25) is 0 Å². The lowest BCUT2D eigenvalue weighted by Crippen LogP contribution is -2.60. The second kappa shape index (κ2) is 13.3. The van der Waals surface area contributed by atoms with E-state index in [0.717, 1.165) is 4.47 Å². The topological polar surface area (TPSA) is 80.8 Å². The van der Waals surface area contributed by atoms with E-state index in [2.05, 4.69) is 31.1 Å². The summed E-state index contributed by atoms with van der Waals surface area (Å²) >= 11 is 9.52. The van der Waals surface area contributed by atoms with Gasteiger partial charge in [0, 0.05) is 46.9 Å². The Balaban J connectivity index is 1.58. The molecule has 7 nitrogen and oxygen atoms in total. The Kier molecular flexibility index (Phi) is 9.75. The van der Waals surface area contributed by atoms with E-state index >= 15 is 0 Å². The molecule has 2 aliphatic rings. The average Bonchev–Trinajstić information content (AvgIpc) is 3.01. The number of pyridine rings is 1. The van der Waals surface area contributed by atoms with Crippen LogP contribution in [-0.2, 0) is 19.1 Å². The van der Waals surface area contributed by atoms with Gasteiger partial charge in [-0.3, -0.25) is 14.7 Å². The number of nitrogens with one attached hydrogen (secondary N) is 1. The number of rotatable bonds is 7. The van der Waals surface area contributed by atoms with Crippen LogP contribution in [-0.4, -0.2) is 65.9 Å². The van der Waals surface area contributed by atoms with Crippen molar-refractivity contribution < 1.29 is 32.2 Å². The molecule has 1 unspecified atom stereocenters. The highest BCUT2D eigenvalue weighted by Gasteiger charge is 2.57. The lowest BCUT2D eigenvalue weighted by Gasteiger charge is -2.48. The summed E-state index contributed by atoms with van der Waals surface area (Å²) < 4.78 is 52.9. The molecule has 5 rings (SSSR count). The zero-order chi connectivity index (χ0) is 30.6. The zero-order valence-electron chi connectivity index (χ0n) is 23.0. The van der Waals surface area contributed by atoms with Gasteiger partial charge in [0.05, 0.1) is 19.3 Å². The Morgan fingerprint density at radius 3 is 2.28 bits per heavy atom. The molecule has 228 valence electrons. The second-order valence-electron chi connectivity index (χ2n) is 10.7. The highest BCUT2D eigenvalue weighted by atomic mass is 79.9. The molecule has 3 aromatic rings. The van der Waals surface area contributed by atoms with E-state index in [4.69, 9.17) is 21.1 Å². The number of halogens is 5. The largest absolute Gasteiger partial charge is 0.490 e. The number of aromatic nitrogens is 1. The Labute approximate surface area is 260 Å². The minimum Gasteiger partial charge on any atom is -0.442 e. The smallest absolute Gasteiger partial charge is 0.442 e. The van der Waals surface area contributed by atoms with Crippen LogP contribution in [0.3, 0.4) is 0 Å². The van der Waals surface area contributed by atoms with Gasteiger partial charge in [-0.15, -0.1) is 0 Å². The number of nitrogens with zero attached hydrogens (tertiary/aromatic N) is 2. The molecule has 12 heteroatoms. The molecule has 2 fully saturated rings. The van der Waals surface area contributed by atoms with Gasteiger partial charge in [0.25, 0.3) is 5.91 Å². The Morgan fingerprint density at radius 1 is 1.02 bits per heavy atom. The van der Waals surface area contributed by atoms with Gasteiger partial charge >= 0.3 is 12.1 Å². The van der Waals surface area contributed by atoms with Crippen LogP contribution in [0.1, 0.15) is 47.9 Å². The Bertz CT molecular complexity index is 1410. The van der Waals surface area contributed by atoms with E-state index in [0.29, 0.717) is 60.9 Å². The first-order valence-electron chi connectivity index (χ1n) is 13.9. The van der Waals surface area contributed by atoms with Crippen LogP contribution < -0.4 is 5.32 Å². The summed E-state index contributed by atoms with van der Waals surface area (Å²) in [6.07, 6.45) is -1.62. The summed E-state index contributed by atoms with van der Waals surface area (Å²) in [6.45, 7) is 2.42. The standard InChI is InChI=1S/C31H30BrClF3N3O4/c32-23-5-1-20(2-6-23)26-19-25(39-15-17-42-18-16-39)9-12-30(26,43-29(41)31(34,35)36)28(40)38-27(22-10-13-37-14-11-22)21-3-7-24(33)8-4-21/h1-8,10-11,13-14,25-27H,9,12,15-19H2,(H,38,40)/t25-,26-,27?,30+/m0/s1. The fourth-order valence-corrected chi connectivity index (χ4v) is 6.39. The summed E-state index contributed by atoms with van der Waals surface area (Å²) in [5, 5.41) is 3.43. The minimum atomic E-state index is -5.29. The minimum absolute atomic E-state index is 0.0460. The number of esters is 1. The van der Waals surface area contributed by atoms with Crippen molar-refractivity contribution in [2.75, 3.05) is 26.3 Å². The molecule has 43 heavy (non-hydrogen) atoms. The van der Waals surface area contributed by atoms with Crippen LogP contribution in [0.25, 0.3) is 0 Å². The maximum Gasteiger partial charge on any atom is 0.490 e. The number of benzene rings is 2. The van der Waals surface area contributed by atoms with Crippen LogP contribution in [0, 0.1) is 0 Å². The maximum atomic E-state index is 14.5. The number of morpholine rings is 1. The number of carbonyl (C=O) groups is 2. The van der Waals surface area contributed by atoms with Crippen molar-refractivity contribution in [2.24, 2.45) is 0 Å². The second-order valence-corrected chi connectivity index (χ2v) is 12.0. The van der Waals surface area contributed by atoms with Crippen molar-refractivity contribution in [3.8, 4) is 0 Å². The van der Waals surface area contributed by atoms with Gasteiger partial charge < -0.3 is 14.8 Å². The Morgan fingerprint density at radius 2 is 1.65 bits per heavy atom. The van der Waals surface area contributed by atoms with Crippen molar-refractivity contribution >= 4 is 39.4 Å². The van der Waals surface area contributed by atoms with Crippen LogP contribution in [0.4, 0.5) is 13.2 Å². The van der Waals surface area contributed by atoms with E-state index < -0.39 is 35.6 Å². The monoisotopic (exact) mass is 679 g/mol. The van der Waals surface area contributed by atoms with Crippen LogP contribution in [0.5, 0.6) is 0 Å². The fourth-order valence-electron chi connectivity index (χ4n) is 6.00. The van der Waals surface area contributed by atoms with Gasteiger partial charge in [-0.1, -0.05) is 51.8 Å². The average molecular weight is 681 g/mol. The van der Waals surface area contributed by atoms with Gasteiger partial charge in [-0.25, -0.2) is 4.79 Å². The first kappa shape index (κ1) is 31.4. The molecule has 0 radical (unpaired) electrons. The number of carbonyl (C=O) groups excluding carboxylic acids is 2. The van der Waals surface area contributed by atoms with E-state index in [1.807, 2.05) is 0 Å². The molecule has 0 bridgehead atoms. The van der Waals surface area contributed by atoms with E-state index in [9.17, 15) is 22.8 Å². The number of hydrogen-bond donors (Lipinski definition) is 1. The molecule has 1 saturated heterocycles. The zero-order valence-corrected chi connectivity index (χ0v) is 25.4. The third-order valence-electron chi connectivity index (χ3n) is 8.16. The summed E-state index contributed by atoms with van der Waals surface area (Å²) in [6, 6.07) is 16.4. The number of amides is 1. The lowest BCUT2D eigenvalue weighted by atomic mass is 9.68. The normalized spacial score (nSPS) is 23.7. The van der Waals surface area contributed by atoms with E-state index in [1.54, 1.807) is 73.1 Å². The first-order chi connectivity index (χ1) is 20.6. The fraction of sp³-hybridized carbons (Fsp3) is 0.387. The molecule has 1 aromatic heterocycles. The summed E-state index contributed by atoms with van der Waals surface area (Å²) in [5.74, 6) is -4.08. The molecular formula is C31H30BrClF3N3O4. The highest BCUT2D eigenvalue weighted by Crippen LogP contribution is 2.47. The third kappa shape index (κ3) is 7.22. The Hall–Kier alpha value is -2.99. The summed E-state index contributed by atoms with van der Waals surface area (Å²) in [5.41, 5.74) is -0.257. The van der Waals surface area contributed by atoms with Crippen LogP contribution in [0.2, 0.25) is 5.02 Å². The number of hydrogen-bond acceptors (Lipinski definition) is 6. The molecule has 1 N–H and O–H groups in total. The molecule has 4 atom stereocenters. The van der Waals surface area contributed by atoms with Gasteiger partial charge in [0.1, 0.15) is 0 Å². The van der Waals surface area contributed by atoms with Crippen molar-refractivity contribution in [1.29, 1.82) is 0 Å². The van der Waals surface area contributed by atoms with Crippen molar-refractivity contribution in [1.82, 2.24) is 15.2 Å². The SMILES string of the molecule is O=C(O[C@]1(C(=O)NC(c2ccncc2)c2ccc(Cl)cc2)CC[C@H](N2CCOCC2)C[C@H]1c1ccc(Br)cc1)C(F)(F)F. The van der Waals surface area contributed by atoms with Crippen LogP contribution in [0.15, 0.2) is 77.5 Å². The number of alkyl halides is 3.